The monoisotopic (exact) mass is 290 g/mol. The van der Waals surface area contributed by atoms with Crippen molar-refractivity contribution in [2.45, 2.75) is 45.1 Å². The summed E-state index contributed by atoms with van der Waals surface area (Å²) in [6.45, 7) is 6.48. The van der Waals surface area contributed by atoms with E-state index < -0.39 is 0 Å². The summed E-state index contributed by atoms with van der Waals surface area (Å²) in [6.07, 6.45) is 3.30. The van der Waals surface area contributed by atoms with Gasteiger partial charge in [0.15, 0.2) is 0 Å². The standard InChI is InChI=1S/C17H26N2O2/c1-3-13(2)14-4-6-15(7-5-14)19-17(20)12-21-16-8-10-18-11-9-16/h4-7,13,16,18H,3,8-12H2,1-2H3,(H,19,20). The maximum Gasteiger partial charge on any atom is 0.250 e. The molecule has 21 heavy (non-hydrogen) atoms. The summed E-state index contributed by atoms with van der Waals surface area (Å²) >= 11 is 0. The van der Waals surface area contributed by atoms with E-state index in [4.69, 9.17) is 4.74 Å². The summed E-state index contributed by atoms with van der Waals surface area (Å²) in [4.78, 5) is 11.9. The van der Waals surface area contributed by atoms with Crippen molar-refractivity contribution in [2.24, 2.45) is 0 Å². The number of amides is 1. The van der Waals surface area contributed by atoms with Gasteiger partial charge in [0.1, 0.15) is 6.61 Å². The van der Waals surface area contributed by atoms with Crippen molar-refractivity contribution in [1.82, 2.24) is 5.32 Å². The fourth-order valence-electron chi connectivity index (χ4n) is 2.48. The molecule has 0 bridgehead atoms. The molecule has 1 aromatic carbocycles. The molecule has 0 spiro atoms. The average molecular weight is 290 g/mol. The molecule has 0 saturated carbocycles. The van der Waals surface area contributed by atoms with Crippen LogP contribution in [0.3, 0.4) is 0 Å². The van der Waals surface area contributed by atoms with Crippen molar-refractivity contribution < 1.29 is 9.53 Å². The topological polar surface area (TPSA) is 50.4 Å². The molecule has 1 unspecified atom stereocenters. The fourth-order valence-corrected chi connectivity index (χ4v) is 2.48. The third kappa shape index (κ3) is 5.14. The van der Waals surface area contributed by atoms with Crippen LogP contribution in [-0.2, 0) is 9.53 Å². The Morgan fingerprint density at radius 1 is 1.33 bits per heavy atom. The molecule has 1 aromatic rings. The molecule has 1 fully saturated rings. The third-order valence-electron chi connectivity index (χ3n) is 4.11. The number of benzene rings is 1. The molecule has 0 aromatic heterocycles. The van der Waals surface area contributed by atoms with Crippen LogP contribution in [0.5, 0.6) is 0 Å². The number of hydrogen-bond acceptors (Lipinski definition) is 3. The lowest BCUT2D eigenvalue weighted by molar-refractivity contribution is -0.123. The van der Waals surface area contributed by atoms with Gasteiger partial charge in [-0.05, 0) is 56.0 Å². The Morgan fingerprint density at radius 2 is 2.00 bits per heavy atom. The Hall–Kier alpha value is -1.39. The first-order valence-corrected chi connectivity index (χ1v) is 7.91. The molecule has 1 amide bonds. The second-order valence-corrected chi connectivity index (χ2v) is 5.74. The smallest absolute Gasteiger partial charge is 0.250 e. The van der Waals surface area contributed by atoms with Crippen LogP contribution in [0.2, 0.25) is 0 Å². The minimum absolute atomic E-state index is 0.0789. The van der Waals surface area contributed by atoms with E-state index in [1.807, 2.05) is 12.1 Å². The zero-order valence-electron chi connectivity index (χ0n) is 13.0. The molecule has 4 nitrogen and oxygen atoms in total. The summed E-state index contributed by atoms with van der Waals surface area (Å²) in [5.41, 5.74) is 2.14. The Kier molecular flexibility index (Phi) is 6.21. The quantitative estimate of drug-likeness (QED) is 0.847. The van der Waals surface area contributed by atoms with Crippen molar-refractivity contribution in [3.63, 3.8) is 0 Å². The van der Waals surface area contributed by atoms with Crippen molar-refractivity contribution in [3.8, 4) is 0 Å². The lowest BCUT2D eigenvalue weighted by atomic mass is 9.99. The van der Waals surface area contributed by atoms with Gasteiger partial charge in [-0.1, -0.05) is 26.0 Å². The van der Waals surface area contributed by atoms with E-state index in [2.05, 4.69) is 36.6 Å². The van der Waals surface area contributed by atoms with Gasteiger partial charge in [-0.3, -0.25) is 4.79 Å². The number of anilines is 1. The van der Waals surface area contributed by atoms with Crippen LogP contribution in [-0.4, -0.2) is 31.7 Å². The van der Waals surface area contributed by atoms with Crippen LogP contribution in [0.1, 0.15) is 44.6 Å². The molecule has 1 heterocycles. The van der Waals surface area contributed by atoms with Crippen LogP contribution < -0.4 is 10.6 Å². The van der Waals surface area contributed by atoms with E-state index in [0.29, 0.717) is 5.92 Å². The normalized spacial score (nSPS) is 17.4. The van der Waals surface area contributed by atoms with Gasteiger partial charge in [0.2, 0.25) is 5.91 Å². The number of rotatable bonds is 6. The molecule has 1 aliphatic rings. The van der Waals surface area contributed by atoms with E-state index >= 15 is 0 Å². The molecule has 1 saturated heterocycles. The fraction of sp³-hybridized carbons (Fsp3) is 0.588. The van der Waals surface area contributed by atoms with Crippen molar-refractivity contribution >= 4 is 11.6 Å². The number of nitrogens with one attached hydrogen (secondary N) is 2. The molecule has 0 aliphatic carbocycles. The molecule has 2 rings (SSSR count). The highest BCUT2D eigenvalue weighted by Crippen LogP contribution is 2.20. The van der Waals surface area contributed by atoms with E-state index in [1.165, 1.54) is 5.56 Å². The minimum atomic E-state index is -0.0789. The predicted octanol–water partition coefficient (Wildman–Crippen LogP) is 2.91. The second kappa shape index (κ2) is 8.15. The van der Waals surface area contributed by atoms with E-state index in [0.717, 1.165) is 38.0 Å². The van der Waals surface area contributed by atoms with E-state index in [-0.39, 0.29) is 18.6 Å². The van der Waals surface area contributed by atoms with E-state index in [9.17, 15) is 4.79 Å². The zero-order chi connectivity index (χ0) is 15.1. The summed E-state index contributed by atoms with van der Waals surface area (Å²) in [7, 11) is 0. The predicted molar refractivity (Wildman–Crippen MR) is 85.6 cm³/mol. The van der Waals surface area contributed by atoms with Crippen LogP contribution >= 0.6 is 0 Å². The highest BCUT2D eigenvalue weighted by Gasteiger charge is 2.14. The van der Waals surface area contributed by atoms with Crippen LogP contribution in [0.15, 0.2) is 24.3 Å². The molecule has 1 aliphatic heterocycles. The van der Waals surface area contributed by atoms with Gasteiger partial charge in [-0.2, -0.15) is 0 Å². The third-order valence-corrected chi connectivity index (χ3v) is 4.11. The first-order chi connectivity index (χ1) is 10.2. The van der Waals surface area contributed by atoms with Crippen molar-refractivity contribution in [2.75, 3.05) is 25.0 Å². The maximum atomic E-state index is 11.9. The van der Waals surface area contributed by atoms with Crippen LogP contribution in [0.25, 0.3) is 0 Å². The molecule has 1 atom stereocenters. The number of carbonyl (C=O) groups is 1. The van der Waals surface area contributed by atoms with Crippen LogP contribution in [0.4, 0.5) is 5.69 Å². The van der Waals surface area contributed by atoms with Gasteiger partial charge in [-0.25, -0.2) is 0 Å². The largest absolute Gasteiger partial charge is 0.368 e. The Bertz CT molecular complexity index is 439. The summed E-state index contributed by atoms with van der Waals surface area (Å²) in [5, 5.41) is 6.17. The van der Waals surface area contributed by atoms with Gasteiger partial charge in [-0.15, -0.1) is 0 Å². The second-order valence-electron chi connectivity index (χ2n) is 5.74. The van der Waals surface area contributed by atoms with E-state index in [1.54, 1.807) is 0 Å². The number of carbonyl (C=O) groups excluding carboxylic acids is 1. The number of piperidine rings is 1. The molecular weight excluding hydrogens is 264 g/mol. The first kappa shape index (κ1) is 16.0. The summed E-state index contributed by atoms with van der Waals surface area (Å²) in [5.74, 6) is 0.475. The zero-order valence-corrected chi connectivity index (χ0v) is 13.0. The molecule has 4 heteroatoms. The van der Waals surface area contributed by atoms with Gasteiger partial charge in [0, 0.05) is 5.69 Å². The minimum Gasteiger partial charge on any atom is -0.368 e. The number of hydrogen-bond donors (Lipinski definition) is 2. The molecular formula is C17H26N2O2. The average Bonchev–Trinajstić information content (AvgIpc) is 2.54. The highest BCUT2D eigenvalue weighted by atomic mass is 16.5. The Labute approximate surface area is 127 Å². The van der Waals surface area contributed by atoms with Gasteiger partial charge in [0.05, 0.1) is 6.10 Å². The van der Waals surface area contributed by atoms with Crippen LogP contribution in [0, 0.1) is 0 Å². The van der Waals surface area contributed by atoms with Gasteiger partial charge >= 0.3 is 0 Å². The SMILES string of the molecule is CCC(C)c1ccc(NC(=O)COC2CCNCC2)cc1. The van der Waals surface area contributed by atoms with Crippen molar-refractivity contribution in [1.29, 1.82) is 0 Å². The van der Waals surface area contributed by atoms with Gasteiger partial charge < -0.3 is 15.4 Å². The number of ether oxygens (including phenoxy) is 1. The first-order valence-electron chi connectivity index (χ1n) is 7.91. The molecule has 116 valence electrons. The lowest BCUT2D eigenvalue weighted by Gasteiger charge is -2.22. The van der Waals surface area contributed by atoms with Crippen molar-refractivity contribution in [3.05, 3.63) is 29.8 Å². The summed E-state index contributed by atoms with van der Waals surface area (Å²) < 4.78 is 5.64. The Morgan fingerprint density at radius 3 is 2.62 bits per heavy atom. The van der Waals surface area contributed by atoms with Gasteiger partial charge in [0.25, 0.3) is 0 Å². The lowest BCUT2D eigenvalue weighted by Crippen LogP contribution is -2.34. The Balaban J connectivity index is 1.76. The maximum absolute atomic E-state index is 11.9. The molecule has 0 radical (unpaired) electrons. The summed E-state index contributed by atoms with van der Waals surface area (Å²) in [6, 6.07) is 8.09. The highest BCUT2D eigenvalue weighted by molar-refractivity contribution is 5.91. The molecule has 2 N–H and O–H groups in total.